The molecule has 0 amide bonds. The fraction of sp³-hybridized carbons (Fsp3) is 0.250. The van der Waals surface area contributed by atoms with E-state index in [0.717, 1.165) is 0 Å². The number of nitrogens with zero attached hydrogens (tertiary/aromatic N) is 3. The van der Waals surface area contributed by atoms with E-state index >= 15 is 0 Å². The fourth-order valence-electron chi connectivity index (χ4n) is 0.666. The number of hydrogen-bond donors (Lipinski definition) is 3. The first kappa shape index (κ1) is 7.48. The second-order valence-electron chi connectivity index (χ2n) is 1.90. The summed E-state index contributed by atoms with van der Waals surface area (Å²) in [5, 5.41) is 12.0. The quantitative estimate of drug-likeness (QED) is 0.397. The van der Waals surface area contributed by atoms with Crippen LogP contribution < -0.4 is 11.5 Å². The van der Waals surface area contributed by atoms with Crippen LogP contribution in [-0.4, -0.2) is 22.3 Å². The van der Waals surface area contributed by atoms with Crippen LogP contribution in [0.15, 0.2) is 22.2 Å². The highest BCUT2D eigenvalue weighted by atomic mass is 16.4. The topological polar surface area (TPSA) is 117 Å². The van der Waals surface area contributed by atoms with Crippen molar-refractivity contribution in [1.29, 1.82) is 0 Å². The summed E-state index contributed by atoms with van der Waals surface area (Å²) in [6.45, 7) is 0. The zero-order valence-corrected chi connectivity index (χ0v) is 5.51. The smallest absolute Gasteiger partial charge is 0.251 e. The van der Waals surface area contributed by atoms with Crippen LogP contribution in [0.4, 0.5) is 0 Å². The van der Waals surface area contributed by atoms with Crippen LogP contribution in [0.2, 0.25) is 0 Å². The molecule has 1 aliphatic rings. The molecule has 1 atom stereocenters. The van der Waals surface area contributed by atoms with Crippen LogP contribution in [-0.2, 0) is 0 Å². The summed E-state index contributed by atoms with van der Waals surface area (Å²) in [7, 11) is 0. The van der Waals surface area contributed by atoms with Gasteiger partial charge >= 0.3 is 0 Å². The monoisotopic (exact) mass is 157 g/mol. The van der Waals surface area contributed by atoms with Crippen molar-refractivity contribution < 1.29 is 5.11 Å². The minimum Gasteiger partial charge on any atom is -0.384 e. The molecule has 0 aromatic rings. The number of nitrogens with two attached hydrogens (primary N) is 2. The minimum atomic E-state index is -1.41. The Labute approximate surface area is 61.9 Å². The van der Waals surface area contributed by atoms with Gasteiger partial charge in [-0.25, -0.2) is 4.99 Å². The Morgan fingerprint density at radius 1 is 1.73 bits per heavy atom. The lowest BCUT2D eigenvalue weighted by atomic mass is 10.4. The number of nitroso groups, excluding NO2 is 1. The molecule has 1 aliphatic heterocycles. The van der Waals surface area contributed by atoms with Crippen LogP contribution in [0.5, 0.6) is 0 Å². The molecular weight excluding hydrogens is 150 g/mol. The van der Waals surface area contributed by atoms with Crippen molar-refractivity contribution in [2.24, 2.45) is 21.7 Å². The van der Waals surface area contributed by atoms with Crippen molar-refractivity contribution in [3.8, 4) is 0 Å². The van der Waals surface area contributed by atoms with E-state index in [1.54, 1.807) is 0 Å². The second-order valence-corrected chi connectivity index (χ2v) is 1.90. The van der Waals surface area contributed by atoms with Gasteiger partial charge in [-0.3, -0.25) is 0 Å². The van der Waals surface area contributed by atoms with E-state index in [4.69, 9.17) is 16.6 Å². The Balaban J connectivity index is 2.90. The summed E-state index contributed by atoms with van der Waals surface area (Å²) in [6.07, 6.45) is -0.175. The molecule has 0 aromatic carbocycles. The highest BCUT2D eigenvalue weighted by Crippen LogP contribution is 2.08. The molecule has 5 N–H and O–H groups in total. The van der Waals surface area contributed by atoms with Crippen LogP contribution in [0.25, 0.3) is 0 Å². The number of aliphatic hydroxyl groups excluding tert-OH is 1. The third kappa shape index (κ3) is 1.27. The summed E-state index contributed by atoms with van der Waals surface area (Å²) < 4.78 is 0. The van der Waals surface area contributed by atoms with Gasteiger partial charge in [0.15, 0.2) is 0 Å². The van der Waals surface area contributed by atoms with Crippen molar-refractivity contribution in [2.45, 2.75) is 6.35 Å². The van der Waals surface area contributed by atoms with E-state index in [0.29, 0.717) is 5.01 Å². The molecule has 0 saturated carbocycles. The molecule has 1 heterocycles. The van der Waals surface area contributed by atoms with E-state index < -0.39 is 6.35 Å². The van der Waals surface area contributed by atoms with Gasteiger partial charge in [0.05, 0.1) is 5.29 Å². The maximum Gasteiger partial charge on any atom is 0.251 e. The van der Waals surface area contributed by atoms with Gasteiger partial charge in [-0.2, -0.15) is 5.01 Å². The van der Waals surface area contributed by atoms with Crippen LogP contribution >= 0.6 is 0 Å². The first-order valence-corrected chi connectivity index (χ1v) is 2.76. The number of aliphatic hydroxyl groups is 1. The maximum absolute atomic E-state index is 9.97. The third-order valence-electron chi connectivity index (χ3n) is 1.13. The molecular formula is C4H7N5O2. The van der Waals surface area contributed by atoms with Gasteiger partial charge in [-0.1, -0.05) is 0 Å². The number of amidine groups is 1. The SMILES string of the molecule is NC1=CC(N)=NC(O)N1N=O. The van der Waals surface area contributed by atoms with Gasteiger partial charge < -0.3 is 16.6 Å². The second kappa shape index (κ2) is 2.54. The summed E-state index contributed by atoms with van der Waals surface area (Å²) >= 11 is 0. The van der Waals surface area contributed by atoms with Crippen LogP contribution in [0, 0.1) is 4.91 Å². The Kier molecular flexibility index (Phi) is 1.73. The Morgan fingerprint density at radius 3 is 2.82 bits per heavy atom. The molecule has 11 heavy (non-hydrogen) atoms. The normalized spacial score (nSPS) is 24.1. The molecule has 0 aromatic heterocycles. The van der Waals surface area contributed by atoms with Crippen molar-refractivity contribution in [2.75, 3.05) is 0 Å². The highest BCUT2D eigenvalue weighted by Gasteiger charge is 2.20. The average molecular weight is 157 g/mol. The highest BCUT2D eigenvalue weighted by molar-refractivity contribution is 5.92. The predicted molar refractivity (Wildman–Crippen MR) is 37.5 cm³/mol. The Morgan fingerprint density at radius 2 is 2.36 bits per heavy atom. The summed E-state index contributed by atoms with van der Waals surface area (Å²) in [6, 6.07) is 0. The first-order chi connectivity index (χ1) is 5.15. The molecule has 0 fully saturated rings. The van der Waals surface area contributed by atoms with E-state index in [1.807, 2.05) is 0 Å². The lowest BCUT2D eigenvalue weighted by Crippen LogP contribution is -2.37. The number of hydrogen-bond acceptors (Lipinski definition) is 6. The molecule has 0 radical (unpaired) electrons. The molecule has 0 bridgehead atoms. The standard InChI is InChI=1S/C4H7N5O2/c5-2-1-3(6)9(8-11)4(10)7-2/h1,4,10H,6H2,(H2,5,7). The van der Waals surface area contributed by atoms with Gasteiger partial charge in [-0.15, -0.1) is 4.91 Å². The third-order valence-corrected chi connectivity index (χ3v) is 1.13. The van der Waals surface area contributed by atoms with Crippen molar-refractivity contribution in [3.63, 3.8) is 0 Å². The summed E-state index contributed by atoms with van der Waals surface area (Å²) in [5.41, 5.74) is 10.4. The lowest BCUT2D eigenvalue weighted by Gasteiger charge is -2.21. The van der Waals surface area contributed by atoms with Crippen LogP contribution in [0.3, 0.4) is 0 Å². The molecule has 60 valence electrons. The molecule has 7 nitrogen and oxygen atoms in total. The number of aliphatic imine (C=N–C) groups is 1. The number of rotatable bonds is 1. The summed E-state index contributed by atoms with van der Waals surface area (Å²) in [5.74, 6) is 0.0369. The van der Waals surface area contributed by atoms with Gasteiger partial charge in [0.2, 0.25) is 0 Å². The summed E-state index contributed by atoms with van der Waals surface area (Å²) in [4.78, 5) is 13.4. The maximum atomic E-state index is 9.97. The molecule has 0 spiro atoms. The zero-order chi connectivity index (χ0) is 8.43. The van der Waals surface area contributed by atoms with E-state index in [9.17, 15) is 4.91 Å². The van der Waals surface area contributed by atoms with Gasteiger partial charge in [0.1, 0.15) is 11.7 Å². The Bertz CT molecular complexity index is 235. The van der Waals surface area contributed by atoms with Gasteiger partial charge in [0, 0.05) is 6.08 Å². The first-order valence-electron chi connectivity index (χ1n) is 2.76. The molecule has 1 unspecified atom stereocenters. The van der Waals surface area contributed by atoms with Crippen molar-refractivity contribution in [1.82, 2.24) is 5.01 Å². The largest absolute Gasteiger partial charge is 0.384 e. The fourth-order valence-corrected chi connectivity index (χ4v) is 0.666. The van der Waals surface area contributed by atoms with Gasteiger partial charge in [-0.05, 0) is 0 Å². The minimum absolute atomic E-state index is 0.0278. The van der Waals surface area contributed by atoms with E-state index in [-0.39, 0.29) is 11.7 Å². The molecule has 0 saturated heterocycles. The zero-order valence-electron chi connectivity index (χ0n) is 5.51. The van der Waals surface area contributed by atoms with Crippen molar-refractivity contribution >= 4 is 5.84 Å². The Hall–Kier alpha value is -1.63. The van der Waals surface area contributed by atoms with E-state index in [1.165, 1.54) is 6.08 Å². The molecule has 1 rings (SSSR count). The van der Waals surface area contributed by atoms with E-state index in [2.05, 4.69) is 10.3 Å². The van der Waals surface area contributed by atoms with Gasteiger partial charge in [0.25, 0.3) is 6.35 Å². The average Bonchev–Trinajstić information content (AvgIpc) is 1.85. The molecule has 7 heteroatoms. The predicted octanol–water partition coefficient (Wildman–Crippen LogP) is -1.58. The van der Waals surface area contributed by atoms with Crippen molar-refractivity contribution in [3.05, 3.63) is 16.8 Å². The van der Waals surface area contributed by atoms with Crippen LogP contribution in [0.1, 0.15) is 0 Å². The molecule has 0 aliphatic carbocycles. The lowest BCUT2D eigenvalue weighted by molar-refractivity contribution is 0.0334.